The van der Waals surface area contributed by atoms with Gasteiger partial charge in [0.05, 0.1) is 0 Å². The van der Waals surface area contributed by atoms with Crippen LogP contribution in [0.2, 0.25) is 0 Å². The van der Waals surface area contributed by atoms with Crippen molar-refractivity contribution in [2.45, 2.75) is 6.92 Å². The summed E-state index contributed by atoms with van der Waals surface area (Å²) in [4.78, 5) is 12.5. The summed E-state index contributed by atoms with van der Waals surface area (Å²) in [5.41, 5.74) is 1.85. The van der Waals surface area contributed by atoms with E-state index in [0.29, 0.717) is 6.54 Å². The van der Waals surface area contributed by atoms with Crippen molar-refractivity contribution >= 4 is 11.7 Å². The third-order valence-electron chi connectivity index (χ3n) is 1.91. The molecule has 0 aromatic heterocycles. The fraction of sp³-hybridized carbons (Fsp3) is 0.250. The SMILES string of the molecule is C=C(C)CN(CC(=O)O)c1ccccc1. The summed E-state index contributed by atoms with van der Waals surface area (Å²) >= 11 is 0. The van der Waals surface area contributed by atoms with Gasteiger partial charge < -0.3 is 10.0 Å². The number of aliphatic carboxylic acids is 1. The summed E-state index contributed by atoms with van der Waals surface area (Å²) in [7, 11) is 0. The zero-order valence-electron chi connectivity index (χ0n) is 8.81. The first-order valence-corrected chi connectivity index (χ1v) is 4.76. The highest BCUT2D eigenvalue weighted by molar-refractivity contribution is 5.73. The molecule has 0 bridgehead atoms. The summed E-state index contributed by atoms with van der Waals surface area (Å²) in [5.74, 6) is -0.833. The Bertz CT molecular complexity index is 330. The lowest BCUT2D eigenvalue weighted by Gasteiger charge is -2.22. The van der Waals surface area contributed by atoms with E-state index in [2.05, 4.69) is 6.58 Å². The molecule has 0 fully saturated rings. The summed E-state index contributed by atoms with van der Waals surface area (Å²) < 4.78 is 0. The number of hydrogen-bond donors (Lipinski definition) is 1. The quantitative estimate of drug-likeness (QED) is 0.749. The maximum Gasteiger partial charge on any atom is 0.323 e. The number of nitrogens with zero attached hydrogens (tertiary/aromatic N) is 1. The van der Waals surface area contributed by atoms with Crippen LogP contribution in [0.25, 0.3) is 0 Å². The lowest BCUT2D eigenvalue weighted by atomic mass is 10.2. The number of benzene rings is 1. The molecule has 0 saturated heterocycles. The molecule has 0 amide bonds. The Kier molecular flexibility index (Phi) is 3.92. The number of hydrogen-bond acceptors (Lipinski definition) is 2. The van der Waals surface area contributed by atoms with Crippen LogP contribution < -0.4 is 4.90 Å². The number of para-hydroxylation sites is 1. The highest BCUT2D eigenvalue weighted by atomic mass is 16.4. The van der Waals surface area contributed by atoms with E-state index in [1.165, 1.54) is 0 Å². The number of carbonyl (C=O) groups is 1. The normalized spacial score (nSPS) is 9.67. The second-order valence-corrected chi connectivity index (χ2v) is 3.54. The van der Waals surface area contributed by atoms with Crippen LogP contribution in [0.3, 0.4) is 0 Å². The van der Waals surface area contributed by atoms with Crippen LogP contribution in [0.5, 0.6) is 0 Å². The van der Waals surface area contributed by atoms with Crippen LogP contribution in [0.1, 0.15) is 6.92 Å². The molecule has 0 heterocycles. The molecule has 1 aromatic rings. The monoisotopic (exact) mass is 205 g/mol. The molecule has 1 rings (SSSR count). The van der Waals surface area contributed by atoms with Crippen LogP contribution in [0, 0.1) is 0 Å². The molecule has 0 saturated carbocycles. The van der Waals surface area contributed by atoms with Gasteiger partial charge in [-0.05, 0) is 19.1 Å². The number of rotatable bonds is 5. The second kappa shape index (κ2) is 5.20. The first-order chi connectivity index (χ1) is 7.09. The van der Waals surface area contributed by atoms with Crippen molar-refractivity contribution in [1.82, 2.24) is 0 Å². The zero-order valence-corrected chi connectivity index (χ0v) is 8.81. The molecule has 0 atom stereocenters. The molecule has 0 aliphatic rings. The van der Waals surface area contributed by atoms with E-state index in [0.717, 1.165) is 11.3 Å². The molecule has 1 N–H and O–H groups in total. The van der Waals surface area contributed by atoms with E-state index in [4.69, 9.17) is 5.11 Å². The fourth-order valence-electron chi connectivity index (χ4n) is 1.37. The predicted molar refractivity (Wildman–Crippen MR) is 61.1 cm³/mol. The molecule has 0 aliphatic heterocycles. The highest BCUT2D eigenvalue weighted by Crippen LogP contribution is 2.13. The van der Waals surface area contributed by atoms with Crippen LogP contribution in [-0.4, -0.2) is 24.2 Å². The van der Waals surface area contributed by atoms with Gasteiger partial charge in [0.1, 0.15) is 6.54 Å². The number of carboxylic acid groups (broad SMARTS) is 1. The van der Waals surface area contributed by atoms with Gasteiger partial charge in [-0.1, -0.05) is 30.4 Å². The Morgan fingerprint density at radius 2 is 1.93 bits per heavy atom. The van der Waals surface area contributed by atoms with Gasteiger partial charge in [0.2, 0.25) is 0 Å². The molecule has 0 aliphatic carbocycles. The van der Waals surface area contributed by atoms with Crippen LogP contribution in [0.4, 0.5) is 5.69 Å². The van der Waals surface area contributed by atoms with Gasteiger partial charge in [0.15, 0.2) is 0 Å². The van der Waals surface area contributed by atoms with Gasteiger partial charge in [-0.2, -0.15) is 0 Å². The minimum Gasteiger partial charge on any atom is -0.480 e. The summed E-state index contributed by atoms with van der Waals surface area (Å²) in [6.45, 7) is 6.24. The van der Waals surface area contributed by atoms with E-state index >= 15 is 0 Å². The summed E-state index contributed by atoms with van der Waals surface area (Å²) in [6, 6.07) is 9.48. The summed E-state index contributed by atoms with van der Waals surface area (Å²) in [6.07, 6.45) is 0. The van der Waals surface area contributed by atoms with Crippen LogP contribution in [0.15, 0.2) is 42.5 Å². The smallest absolute Gasteiger partial charge is 0.323 e. The topological polar surface area (TPSA) is 40.5 Å². The largest absolute Gasteiger partial charge is 0.480 e. The first kappa shape index (κ1) is 11.3. The van der Waals surface area contributed by atoms with Crippen molar-refractivity contribution in [2.75, 3.05) is 18.0 Å². The lowest BCUT2D eigenvalue weighted by molar-refractivity contribution is -0.135. The summed E-state index contributed by atoms with van der Waals surface area (Å²) in [5, 5.41) is 8.79. The van der Waals surface area contributed by atoms with Crippen molar-refractivity contribution in [1.29, 1.82) is 0 Å². The van der Waals surface area contributed by atoms with Crippen LogP contribution in [-0.2, 0) is 4.79 Å². The Morgan fingerprint density at radius 3 is 2.40 bits per heavy atom. The van der Waals surface area contributed by atoms with Gasteiger partial charge in [0, 0.05) is 12.2 Å². The molecule has 3 nitrogen and oxygen atoms in total. The Balaban J connectivity index is 2.81. The molecule has 0 radical (unpaired) electrons. The Hall–Kier alpha value is -1.77. The zero-order chi connectivity index (χ0) is 11.3. The van der Waals surface area contributed by atoms with E-state index < -0.39 is 5.97 Å². The number of carboxylic acids is 1. The third kappa shape index (κ3) is 3.85. The molecule has 1 aromatic carbocycles. The Labute approximate surface area is 89.6 Å². The van der Waals surface area contributed by atoms with Gasteiger partial charge in [-0.25, -0.2) is 0 Å². The highest BCUT2D eigenvalue weighted by Gasteiger charge is 2.09. The standard InChI is InChI=1S/C12H15NO2/c1-10(2)8-13(9-12(14)15)11-6-4-3-5-7-11/h3-7H,1,8-9H2,2H3,(H,14,15). The molecule has 3 heteroatoms. The maximum absolute atomic E-state index is 10.7. The lowest BCUT2D eigenvalue weighted by Crippen LogP contribution is -2.30. The van der Waals surface area contributed by atoms with Crippen molar-refractivity contribution in [3.8, 4) is 0 Å². The van der Waals surface area contributed by atoms with E-state index in [9.17, 15) is 4.79 Å². The van der Waals surface area contributed by atoms with Gasteiger partial charge in [-0.15, -0.1) is 0 Å². The minimum absolute atomic E-state index is 0.00310. The minimum atomic E-state index is -0.833. The van der Waals surface area contributed by atoms with E-state index in [1.807, 2.05) is 37.3 Å². The van der Waals surface area contributed by atoms with E-state index in [1.54, 1.807) is 4.90 Å². The van der Waals surface area contributed by atoms with Gasteiger partial charge >= 0.3 is 5.97 Å². The molecular weight excluding hydrogens is 190 g/mol. The second-order valence-electron chi connectivity index (χ2n) is 3.54. The fourth-order valence-corrected chi connectivity index (χ4v) is 1.37. The molecule has 80 valence electrons. The van der Waals surface area contributed by atoms with E-state index in [-0.39, 0.29) is 6.54 Å². The third-order valence-corrected chi connectivity index (χ3v) is 1.91. The molecule has 0 unspecified atom stereocenters. The predicted octanol–water partition coefficient (Wildman–Crippen LogP) is 2.15. The number of anilines is 1. The average Bonchev–Trinajstić information content (AvgIpc) is 2.17. The van der Waals surface area contributed by atoms with Gasteiger partial charge in [-0.3, -0.25) is 4.79 Å². The van der Waals surface area contributed by atoms with Crippen molar-refractivity contribution in [3.63, 3.8) is 0 Å². The Morgan fingerprint density at radius 1 is 1.33 bits per heavy atom. The van der Waals surface area contributed by atoms with Gasteiger partial charge in [0.25, 0.3) is 0 Å². The van der Waals surface area contributed by atoms with Crippen molar-refractivity contribution in [2.24, 2.45) is 0 Å². The van der Waals surface area contributed by atoms with Crippen LogP contribution >= 0.6 is 0 Å². The van der Waals surface area contributed by atoms with Crippen molar-refractivity contribution in [3.05, 3.63) is 42.5 Å². The molecular formula is C12H15NO2. The first-order valence-electron chi connectivity index (χ1n) is 4.76. The molecule has 0 spiro atoms. The molecule has 15 heavy (non-hydrogen) atoms. The maximum atomic E-state index is 10.7. The van der Waals surface area contributed by atoms with Crippen molar-refractivity contribution < 1.29 is 9.90 Å². The average molecular weight is 205 g/mol.